The molecule has 1 aliphatic rings. The standard InChI is InChI=1S/C16H25N3O4S/c1-18(2)24(21,22)19-10-4-5-14(12-19)16(20)17-11-13-6-8-15(23-3)9-7-13/h6-9,14H,4-5,10-12H2,1-3H3,(H,17,20)/t14-/m1/s1. The SMILES string of the molecule is COc1ccc(CNC(=O)[C@@H]2CCCN(S(=O)(=O)N(C)C)C2)cc1. The van der Waals surface area contributed by atoms with E-state index in [0.29, 0.717) is 25.9 Å². The van der Waals surface area contributed by atoms with E-state index >= 15 is 0 Å². The fraction of sp³-hybridized carbons (Fsp3) is 0.562. The van der Waals surface area contributed by atoms with Crippen LogP contribution in [-0.4, -0.2) is 57.2 Å². The van der Waals surface area contributed by atoms with Gasteiger partial charge in [-0.15, -0.1) is 0 Å². The number of carbonyl (C=O) groups is 1. The minimum Gasteiger partial charge on any atom is -0.497 e. The van der Waals surface area contributed by atoms with Crippen molar-refractivity contribution in [1.29, 1.82) is 0 Å². The first-order chi connectivity index (χ1) is 11.3. The molecule has 1 heterocycles. The van der Waals surface area contributed by atoms with E-state index in [1.54, 1.807) is 7.11 Å². The maximum absolute atomic E-state index is 12.4. The monoisotopic (exact) mass is 355 g/mol. The number of benzene rings is 1. The van der Waals surface area contributed by atoms with E-state index < -0.39 is 10.2 Å². The lowest BCUT2D eigenvalue weighted by atomic mass is 9.99. The Morgan fingerprint density at radius 1 is 1.33 bits per heavy atom. The number of carbonyl (C=O) groups excluding carboxylic acids is 1. The van der Waals surface area contributed by atoms with Gasteiger partial charge in [0.2, 0.25) is 5.91 Å². The summed E-state index contributed by atoms with van der Waals surface area (Å²) in [7, 11) is 1.14. The number of amides is 1. The third-order valence-corrected chi connectivity index (χ3v) is 6.08. The first-order valence-electron chi connectivity index (χ1n) is 7.93. The zero-order valence-corrected chi connectivity index (χ0v) is 15.2. The summed E-state index contributed by atoms with van der Waals surface area (Å²) >= 11 is 0. The summed E-state index contributed by atoms with van der Waals surface area (Å²) < 4.78 is 32.1. The van der Waals surface area contributed by atoms with Gasteiger partial charge in [0.25, 0.3) is 10.2 Å². The van der Waals surface area contributed by atoms with Gasteiger partial charge in [-0.3, -0.25) is 4.79 Å². The maximum Gasteiger partial charge on any atom is 0.281 e. The highest BCUT2D eigenvalue weighted by Crippen LogP contribution is 2.20. The molecule has 0 radical (unpaired) electrons. The summed E-state index contributed by atoms with van der Waals surface area (Å²) in [5.41, 5.74) is 0.970. The van der Waals surface area contributed by atoms with E-state index in [1.165, 1.54) is 22.7 Å². The molecule has 7 nitrogen and oxygen atoms in total. The first-order valence-corrected chi connectivity index (χ1v) is 9.32. The van der Waals surface area contributed by atoms with Crippen molar-refractivity contribution < 1.29 is 17.9 Å². The van der Waals surface area contributed by atoms with Gasteiger partial charge in [0.15, 0.2) is 0 Å². The van der Waals surface area contributed by atoms with Crippen LogP contribution in [0.25, 0.3) is 0 Å². The Kier molecular flexibility index (Phi) is 6.20. The van der Waals surface area contributed by atoms with Gasteiger partial charge in [0, 0.05) is 33.7 Å². The Morgan fingerprint density at radius 2 is 2.00 bits per heavy atom. The number of rotatable bonds is 6. The molecular formula is C16H25N3O4S. The fourth-order valence-corrected chi connectivity index (χ4v) is 3.86. The van der Waals surface area contributed by atoms with Crippen molar-refractivity contribution in [3.63, 3.8) is 0 Å². The van der Waals surface area contributed by atoms with Crippen molar-refractivity contribution in [2.75, 3.05) is 34.3 Å². The van der Waals surface area contributed by atoms with Crippen molar-refractivity contribution >= 4 is 16.1 Å². The number of hydrogen-bond donors (Lipinski definition) is 1. The van der Waals surface area contributed by atoms with E-state index in [2.05, 4.69) is 5.32 Å². The summed E-state index contributed by atoms with van der Waals surface area (Å²) in [5.74, 6) is 0.345. The van der Waals surface area contributed by atoms with E-state index in [4.69, 9.17) is 4.74 Å². The lowest BCUT2D eigenvalue weighted by Crippen LogP contribution is -2.48. The topological polar surface area (TPSA) is 79.0 Å². The Balaban J connectivity index is 1.92. The molecule has 0 unspecified atom stereocenters. The predicted molar refractivity (Wildman–Crippen MR) is 91.7 cm³/mol. The zero-order chi connectivity index (χ0) is 17.7. The largest absolute Gasteiger partial charge is 0.497 e. The second-order valence-corrected chi connectivity index (χ2v) is 8.20. The van der Waals surface area contributed by atoms with E-state index in [1.807, 2.05) is 24.3 Å². The molecule has 1 atom stereocenters. The Bertz CT molecular complexity index is 658. The molecule has 1 amide bonds. The number of piperidine rings is 1. The maximum atomic E-state index is 12.4. The highest BCUT2D eigenvalue weighted by molar-refractivity contribution is 7.86. The van der Waals surface area contributed by atoms with Gasteiger partial charge in [0.05, 0.1) is 13.0 Å². The summed E-state index contributed by atoms with van der Waals surface area (Å²) in [6.45, 7) is 1.11. The van der Waals surface area contributed by atoms with Crippen molar-refractivity contribution in [1.82, 2.24) is 13.9 Å². The normalized spacial score (nSPS) is 19.2. The molecule has 1 aromatic rings. The van der Waals surface area contributed by atoms with Crippen LogP contribution >= 0.6 is 0 Å². The van der Waals surface area contributed by atoms with Crippen LogP contribution in [0.3, 0.4) is 0 Å². The third kappa shape index (κ3) is 4.46. The van der Waals surface area contributed by atoms with Crippen LogP contribution in [0.1, 0.15) is 18.4 Å². The van der Waals surface area contributed by atoms with Crippen LogP contribution in [0.5, 0.6) is 5.75 Å². The van der Waals surface area contributed by atoms with E-state index in [-0.39, 0.29) is 18.4 Å². The molecule has 1 aliphatic heterocycles. The van der Waals surface area contributed by atoms with Crippen LogP contribution < -0.4 is 10.1 Å². The molecule has 0 aliphatic carbocycles. The van der Waals surface area contributed by atoms with E-state index in [0.717, 1.165) is 11.3 Å². The highest BCUT2D eigenvalue weighted by atomic mass is 32.2. The molecule has 1 fully saturated rings. The molecule has 0 aromatic heterocycles. The molecule has 134 valence electrons. The average Bonchev–Trinajstić information content (AvgIpc) is 2.60. The smallest absolute Gasteiger partial charge is 0.281 e. The molecule has 1 aromatic carbocycles. The minimum absolute atomic E-state index is 0.107. The summed E-state index contributed by atoms with van der Waals surface area (Å²) in [6.07, 6.45) is 1.39. The summed E-state index contributed by atoms with van der Waals surface area (Å²) in [5, 5.41) is 2.89. The summed E-state index contributed by atoms with van der Waals surface area (Å²) in [6, 6.07) is 7.46. The quantitative estimate of drug-likeness (QED) is 0.820. The lowest BCUT2D eigenvalue weighted by Gasteiger charge is -2.32. The van der Waals surface area contributed by atoms with Crippen LogP contribution in [-0.2, 0) is 21.5 Å². The molecule has 2 rings (SSSR count). The van der Waals surface area contributed by atoms with Gasteiger partial charge < -0.3 is 10.1 Å². The molecule has 0 saturated carbocycles. The van der Waals surface area contributed by atoms with Crippen molar-refractivity contribution in [2.45, 2.75) is 19.4 Å². The molecule has 1 N–H and O–H groups in total. The molecular weight excluding hydrogens is 330 g/mol. The average molecular weight is 355 g/mol. The summed E-state index contributed by atoms with van der Waals surface area (Å²) in [4.78, 5) is 12.4. The van der Waals surface area contributed by atoms with Crippen molar-refractivity contribution in [3.05, 3.63) is 29.8 Å². The fourth-order valence-electron chi connectivity index (χ4n) is 2.67. The molecule has 0 bridgehead atoms. The third-order valence-electron chi connectivity index (χ3n) is 4.17. The molecule has 0 spiro atoms. The van der Waals surface area contributed by atoms with Gasteiger partial charge in [-0.05, 0) is 30.5 Å². The molecule has 8 heteroatoms. The van der Waals surface area contributed by atoms with Gasteiger partial charge in [-0.25, -0.2) is 0 Å². The van der Waals surface area contributed by atoms with Crippen molar-refractivity contribution in [3.8, 4) is 5.75 Å². The Labute approximate surface area is 143 Å². The number of nitrogens with one attached hydrogen (secondary N) is 1. The van der Waals surface area contributed by atoms with Gasteiger partial charge in [0.1, 0.15) is 5.75 Å². The Hall–Kier alpha value is -1.64. The lowest BCUT2D eigenvalue weighted by molar-refractivity contribution is -0.126. The number of hydrogen-bond acceptors (Lipinski definition) is 4. The van der Waals surface area contributed by atoms with Crippen LogP contribution in [0.15, 0.2) is 24.3 Å². The van der Waals surface area contributed by atoms with Crippen molar-refractivity contribution in [2.24, 2.45) is 5.92 Å². The number of methoxy groups -OCH3 is 1. The molecule has 1 saturated heterocycles. The second-order valence-electron chi connectivity index (χ2n) is 6.05. The van der Waals surface area contributed by atoms with Crippen LogP contribution in [0.4, 0.5) is 0 Å². The van der Waals surface area contributed by atoms with Gasteiger partial charge in [-0.2, -0.15) is 17.0 Å². The van der Waals surface area contributed by atoms with Gasteiger partial charge in [-0.1, -0.05) is 12.1 Å². The van der Waals surface area contributed by atoms with Crippen LogP contribution in [0.2, 0.25) is 0 Å². The first kappa shape index (κ1) is 18.7. The Morgan fingerprint density at radius 3 is 2.58 bits per heavy atom. The number of ether oxygens (including phenoxy) is 1. The second kappa shape index (κ2) is 7.96. The van der Waals surface area contributed by atoms with Crippen LogP contribution in [0, 0.1) is 5.92 Å². The zero-order valence-electron chi connectivity index (χ0n) is 14.4. The van der Waals surface area contributed by atoms with E-state index in [9.17, 15) is 13.2 Å². The number of nitrogens with zero attached hydrogens (tertiary/aromatic N) is 2. The predicted octanol–water partition coefficient (Wildman–Crippen LogP) is 0.830. The van der Waals surface area contributed by atoms with Gasteiger partial charge >= 0.3 is 0 Å². The highest BCUT2D eigenvalue weighted by Gasteiger charge is 2.33. The molecule has 24 heavy (non-hydrogen) atoms. The minimum atomic E-state index is -3.47.